The van der Waals surface area contributed by atoms with Crippen molar-refractivity contribution in [2.45, 2.75) is 26.2 Å². The van der Waals surface area contributed by atoms with Crippen molar-refractivity contribution < 1.29 is 4.74 Å². The second-order valence-corrected chi connectivity index (χ2v) is 5.04. The van der Waals surface area contributed by atoms with E-state index in [4.69, 9.17) is 10.00 Å². The number of hydrogen-bond acceptors (Lipinski definition) is 2. The van der Waals surface area contributed by atoms with Gasteiger partial charge in [0.1, 0.15) is 12.4 Å². The third-order valence-corrected chi connectivity index (χ3v) is 2.70. The minimum absolute atomic E-state index is 0.0589. The molecule has 0 unspecified atom stereocenters. The first-order valence-electron chi connectivity index (χ1n) is 5.39. The van der Waals surface area contributed by atoms with Crippen LogP contribution in [0.25, 0.3) is 6.08 Å². The largest absolute Gasteiger partial charge is 0.487 e. The molecule has 1 aliphatic rings. The fourth-order valence-corrected chi connectivity index (χ4v) is 1.86. The number of nitrogens with zero attached hydrogens (tertiary/aromatic N) is 1. The first kappa shape index (κ1) is 10.8. The summed E-state index contributed by atoms with van der Waals surface area (Å²) in [5.74, 6) is 0.925. The van der Waals surface area contributed by atoms with E-state index in [9.17, 15) is 0 Å². The molecule has 0 radical (unpaired) electrons. The molecule has 1 aromatic carbocycles. The lowest BCUT2D eigenvalue weighted by Crippen LogP contribution is -2.16. The first-order valence-corrected chi connectivity index (χ1v) is 5.39. The van der Waals surface area contributed by atoms with Crippen molar-refractivity contribution in [2.75, 3.05) is 6.61 Å². The van der Waals surface area contributed by atoms with Crippen LogP contribution >= 0.6 is 0 Å². The summed E-state index contributed by atoms with van der Waals surface area (Å²) in [5, 5.41) is 8.85. The molecule has 0 atom stereocenters. The van der Waals surface area contributed by atoms with E-state index in [1.165, 1.54) is 5.56 Å². The van der Waals surface area contributed by atoms with Gasteiger partial charge in [0.15, 0.2) is 0 Å². The van der Waals surface area contributed by atoms with Crippen molar-refractivity contribution in [2.24, 2.45) is 0 Å². The highest BCUT2D eigenvalue weighted by molar-refractivity contribution is 5.67. The molecular weight excluding hydrogens is 198 g/mol. The number of benzene rings is 1. The van der Waals surface area contributed by atoms with Crippen LogP contribution in [0.1, 0.15) is 31.9 Å². The van der Waals surface area contributed by atoms with Crippen molar-refractivity contribution in [3.05, 3.63) is 34.9 Å². The second kappa shape index (κ2) is 3.68. The number of hydrogen-bond donors (Lipinski definition) is 0. The molecule has 0 aliphatic carbocycles. The van der Waals surface area contributed by atoms with Gasteiger partial charge in [0.25, 0.3) is 0 Å². The Labute approximate surface area is 96.2 Å². The van der Waals surface area contributed by atoms with Crippen LogP contribution in [0.4, 0.5) is 0 Å². The van der Waals surface area contributed by atoms with Crippen molar-refractivity contribution in [3.63, 3.8) is 0 Å². The molecule has 0 bridgehead atoms. The van der Waals surface area contributed by atoms with E-state index in [1.807, 2.05) is 18.2 Å². The van der Waals surface area contributed by atoms with Gasteiger partial charge in [0.05, 0.1) is 11.6 Å². The van der Waals surface area contributed by atoms with Gasteiger partial charge >= 0.3 is 0 Å². The summed E-state index contributed by atoms with van der Waals surface area (Å²) in [5.41, 5.74) is 2.94. The molecule has 0 aromatic heterocycles. The van der Waals surface area contributed by atoms with Gasteiger partial charge in [-0.15, -0.1) is 0 Å². The Morgan fingerprint density at radius 2 is 2.06 bits per heavy atom. The molecule has 16 heavy (non-hydrogen) atoms. The van der Waals surface area contributed by atoms with Crippen LogP contribution < -0.4 is 4.74 Å². The fourth-order valence-electron chi connectivity index (χ4n) is 1.86. The van der Waals surface area contributed by atoms with Crippen molar-refractivity contribution in [1.29, 1.82) is 5.26 Å². The number of para-hydroxylation sites is 1. The zero-order valence-electron chi connectivity index (χ0n) is 9.87. The normalized spacial score (nSPS) is 14.5. The smallest absolute Gasteiger partial charge is 0.130 e. The fraction of sp³-hybridized carbons (Fsp3) is 0.357. The van der Waals surface area contributed by atoms with Gasteiger partial charge in [-0.05, 0) is 11.5 Å². The minimum Gasteiger partial charge on any atom is -0.487 e. The highest BCUT2D eigenvalue weighted by atomic mass is 16.5. The highest BCUT2D eigenvalue weighted by Gasteiger charge is 2.22. The zero-order chi connectivity index (χ0) is 11.8. The summed E-state index contributed by atoms with van der Waals surface area (Å²) in [4.78, 5) is 0. The van der Waals surface area contributed by atoms with Crippen LogP contribution in [0.5, 0.6) is 5.75 Å². The van der Waals surface area contributed by atoms with Gasteiger partial charge in [-0.25, -0.2) is 0 Å². The standard InChI is InChI=1S/C14H15NO/c1-14(2,3)12-6-4-5-11-7-10(8-15)9-16-13(11)12/h4-7H,9H2,1-3H3. The second-order valence-electron chi connectivity index (χ2n) is 5.04. The maximum Gasteiger partial charge on any atom is 0.130 e. The van der Waals surface area contributed by atoms with E-state index in [-0.39, 0.29) is 5.41 Å². The lowest BCUT2D eigenvalue weighted by molar-refractivity contribution is 0.340. The number of ether oxygens (including phenoxy) is 1. The van der Waals surface area contributed by atoms with Crippen molar-refractivity contribution in [3.8, 4) is 11.8 Å². The third kappa shape index (κ3) is 1.81. The average Bonchev–Trinajstić information content (AvgIpc) is 2.26. The van der Waals surface area contributed by atoms with E-state index in [0.29, 0.717) is 12.2 Å². The maximum atomic E-state index is 8.85. The van der Waals surface area contributed by atoms with Crippen molar-refractivity contribution in [1.82, 2.24) is 0 Å². The molecule has 0 saturated heterocycles. The molecule has 1 heterocycles. The van der Waals surface area contributed by atoms with Gasteiger partial charge in [0.2, 0.25) is 0 Å². The van der Waals surface area contributed by atoms with Gasteiger partial charge in [-0.1, -0.05) is 39.0 Å². The Kier molecular flexibility index (Phi) is 2.47. The topological polar surface area (TPSA) is 33.0 Å². The summed E-state index contributed by atoms with van der Waals surface area (Å²) in [6.45, 7) is 6.87. The molecule has 2 nitrogen and oxygen atoms in total. The molecule has 0 saturated carbocycles. The quantitative estimate of drug-likeness (QED) is 0.662. The first-order chi connectivity index (χ1) is 7.52. The summed E-state index contributed by atoms with van der Waals surface area (Å²) in [7, 11) is 0. The van der Waals surface area contributed by atoms with Gasteiger partial charge in [-0.3, -0.25) is 0 Å². The predicted octanol–water partition coefficient (Wildman–Crippen LogP) is 3.28. The highest BCUT2D eigenvalue weighted by Crippen LogP contribution is 2.37. The molecule has 0 spiro atoms. The van der Waals surface area contributed by atoms with E-state index in [0.717, 1.165) is 11.3 Å². The molecule has 0 N–H and O–H groups in total. The molecule has 82 valence electrons. The zero-order valence-corrected chi connectivity index (χ0v) is 9.87. The maximum absolute atomic E-state index is 8.85. The predicted molar refractivity (Wildman–Crippen MR) is 64.2 cm³/mol. The number of nitriles is 1. The summed E-state index contributed by atoms with van der Waals surface area (Å²) >= 11 is 0. The SMILES string of the molecule is CC(C)(C)c1cccc2c1OCC(C#N)=C2. The van der Waals surface area contributed by atoms with Crippen LogP contribution in [0.2, 0.25) is 0 Å². The summed E-state index contributed by atoms with van der Waals surface area (Å²) in [6, 6.07) is 8.23. The van der Waals surface area contributed by atoms with Gasteiger partial charge in [0, 0.05) is 11.1 Å². The lowest BCUT2D eigenvalue weighted by Gasteiger charge is -2.26. The van der Waals surface area contributed by atoms with Crippen molar-refractivity contribution >= 4 is 6.08 Å². The van der Waals surface area contributed by atoms with Crippen LogP contribution in [0.15, 0.2) is 23.8 Å². The molecule has 2 rings (SSSR count). The monoisotopic (exact) mass is 213 g/mol. The summed E-state index contributed by atoms with van der Waals surface area (Å²) in [6.07, 6.45) is 1.91. The molecule has 1 aromatic rings. The Morgan fingerprint density at radius 1 is 1.31 bits per heavy atom. The Morgan fingerprint density at radius 3 is 2.69 bits per heavy atom. The molecule has 2 heteroatoms. The minimum atomic E-state index is 0.0589. The third-order valence-electron chi connectivity index (χ3n) is 2.70. The average molecular weight is 213 g/mol. The molecular formula is C14H15NO. The Hall–Kier alpha value is -1.75. The van der Waals surface area contributed by atoms with E-state index in [1.54, 1.807) is 0 Å². The van der Waals surface area contributed by atoms with Gasteiger partial charge in [-0.2, -0.15) is 5.26 Å². The molecule has 0 fully saturated rings. The van der Waals surface area contributed by atoms with Crippen LogP contribution in [-0.2, 0) is 5.41 Å². The molecule has 0 amide bonds. The van der Waals surface area contributed by atoms with E-state index in [2.05, 4.69) is 32.9 Å². The van der Waals surface area contributed by atoms with E-state index >= 15 is 0 Å². The van der Waals surface area contributed by atoms with E-state index < -0.39 is 0 Å². The molecule has 1 aliphatic heterocycles. The van der Waals surface area contributed by atoms with Crippen LogP contribution in [0, 0.1) is 11.3 Å². The Bertz CT molecular complexity index is 486. The van der Waals surface area contributed by atoms with Crippen LogP contribution in [-0.4, -0.2) is 6.61 Å². The number of rotatable bonds is 0. The Balaban J connectivity index is 2.57. The lowest BCUT2D eigenvalue weighted by atomic mass is 9.84. The van der Waals surface area contributed by atoms with Gasteiger partial charge < -0.3 is 4.74 Å². The van der Waals surface area contributed by atoms with Crippen LogP contribution in [0.3, 0.4) is 0 Å². The number of fused-ring (bicyclic) bond motifs is 1. The summed E-state index contributed by atoms with van der Waals surface area (Å²) < 4.78 is 5.69.